The molecule has 0 saturated heterocycles. The van der Waals surface area contributed by atoms with E-state index in [0.29, 0.717) is 10.6 Å². The van der Waals surface area contributed by atoms with Crippen LogP contribution in [-0.2, 0) is 0 Å². The van der Waals surface area contributed by atoms with Gasteiger partial charge in [0, 0.05) is 10.9 Å². The summed E-state index contributed by atoms with van der Waals surface area (Å²) in [5.41, 5.74) is 1.60. The van der Waals surface area contributed by atoms with Gasteiger partial charge >= 0.3 is 0 Å². The van der Waals surface area contributed by atoms with E-state index < -0.39 is 0 Å². The van der Waals surface area contributed by atoms with Crippen LogP contribution in [0.3, 0.4) is 0 Å². The molecule has 0 atom stereocenters. The van der Waals surface area contributed by atoms with Crippen molar-refractivity contribution in [2.45, 2.75) is 13.3 Å². The maximum Gasteiger partial charge on any atom is 0.131 e. The lowest BCUT2D eigenvalue weighted by molar-refractivity contribution is 0.625. The van der Waals surface area contributed by atoms with Crippen molar-refractivity contribution in [3.05, 3.63) is 40.2 Å². The fourth-order valence-electron chi connectivity index (χ4n) is 1.09. The monoisotopic (exact) mass is 276 g/mol. The zero-order valence-electron chi connectivity index (χ0n) is 7.86. The second kappa shape index (κ2) is 5.52. The van der Waals surface area contributed by atoms with Crippen molar-refractivity contribution < 1.29 is 4.39 Å². The highest BCUT2D eigenvalue weighted by molar-refractivity contribution is 9.09. The fraction of sp³-hybridized carbons (Fsp3) is 0.273. The number of allylic oxidation sites excluding steroid dienone is 1. The van der Waals surface area contributed by atoms with Crippen LogP contribution in [0.4, 0.5) is 4.39 Å². The van der Waals surface area contributed by atoms with Crippen molar-refractivity contribution in [1.82, 2.24) is 0 Å². The molecule has 0 aliphatic carbocycles. The summed E-state index contributed by atoms with van der Waals surface area (Å²) in [5.74, 6) is -0.274. The van der Waals surface area contributed by atoms with Gasteiger partial charge in [-0.05, 0) is 18.6 Å². The number of hydrogen-bond acceptors (Lipinski definition) is 0. The number of alkyl halides is 1. The van der Waals surface area contributed by atoms with E-state index in [4.69, 9.17) is 11.6 Å². The van der Waals surface area contributed by atoms with Gasteiger partial charge in [0.1, 0.15) is 5.82 Å². The molecule has 0 unspecified atom stereocenters. The molecule has 0 heterocycles. The number of benzene rings is 1. The summed E-state index contributed by atoms with van der Waals surface area (Å²) in [6.07, 6.45) is 2.68. The van der Waals surface area contributed by atoms with E-state index in [9.17, 15) is 4.39 Å². The Hall–Kier alpha value is -0.340. The van der Waals surface area contributed by atoms with Crippen LogP contribution in [0.5, 0.6) is 0 Å². The van der Waals surface area contributed by atoms with Gasteiger partial charge in [-0.25, -0.2) is 4.39 Å². The molecule has 0 fully saturated rings. The highest BCUT2D eigenvalue weighted by atomic mass is 79.9. The number of hydrogen-bond donors (Lipinski definition) is 0. The molecule has 0 spiro atoms. The van der Waals surface area contributed by atoms with Crippen LogP contribution in [0.1, 0.15) is 18.9 Å². The Balaban J connectivity index is 3.12. The third kappa shape index (κ3) is 2.82. The highest BCUT2D eigenvalue weighted by Crippen LogP contribution is 2.23. The summed E-state index contributed by atoms with van der Waals surface area (Å²) in [7, 11) is 0. The van der Waals surface area contributed by atoms with Crippen molar-refractivity contribution in [2.24, 2.45) is 0 Å². The molecule has 3 heteroatoms. The van der Waals surface area contributed by atoms with Crippen LogP contribution >= 0.6 is 27.5 Å². The minimum Gasteiger partial charge on any atom is -0.206 e. The third-order valence-electron chi connectivity index (χ3n) is 1.97. The molecule has 0 aromatic heterocycles. The molecule has 0 amide bonds. The first kappa shape index (κ1) is 11.7. The predicted molar refractivity (Wildman–Crippen MR) is 63.5 cm³/mol. The molecule has 0 N–H and O–H groups in total. The lowest BCUT2D eigenvalue weighted by atomic mass is 10.1. The van der Waals surface area contributed by atoms with E-state index in [2.05, 4.69) is 15.9 Å². The third-order valence-corrected chi connectivity index (χ3v) is 3.02. The van der Waals surface area contributed by atoms with Gasteiger partial charge in [-0.15, -0.1) is 0 Å². The lowest BCUT2D eigenvalue weighted by Crippen LogP contribution is -1.87. The van der Waals surface area contributed by atoms with E-state index in [0.717, 1.165) is 17.3 Å². The van der Waals surface area contributed by atoms with Gasteiger partial charge in [-0.2, -0.15) is 0 Å². The predicted octanol–water partition coefficient (Wildman–Crippen LogP) is 4.67. The second-order valence-corrected chi connectivity index (χ2v) is 3.89. The van der Waals surface area contributed by atoms with E-state index in [1.165, 1.54) is 6.07 Å². The Bertz CT molecular complexity index is 321. The summed E-state index contributed by atoms with van der Waals surface area (Å²) in [6.45, 7) is 2.03. The Kier molecular flexibility index (Phi) is 4.63. The molecule has 1 aromatic rings. The van der Waals surface area contributed by atoms with Gasteiger partial charge in [0.15, 0.2) is 0 Å². The largest absolute Gasteiger partial charge is 0.206 e. The molecule has 0 radical (unpaired) electrons. The summed E-state index contributed by atoms with van der Waals surface area (Å²) in [4.78, 5) is 0. The van der Waals surface area contributed by atoms with Crippen LogP contribution in [0.2, 0.25) is 5.02 Å². The van der Waals surface area contributed by atoms with Gasteiger partial charge in [0.2, 0.25) is 0 Å². The molecule has 0 bridgehead atoms. The standard InChI is InChI=1S/C11H11BrClF/c1-2-8(7-12)6-9-10(13)4-3-5-11(9)14/h3-6H,2,7H2,1H3. The Morgan fingerprint density at radius 2 is 2.29 bits per heavy atom. The number of rotatable bonds is 3. The zero-order valence-corrected chi connectivity index (χ0v) is 10.2. The number of halogens is 3. The van der Waals surface area contributed by atoms with E-state index in [1.807, 2.05) is 6.92 Å². The van der Waals surface area contributed by atoms with E-state index >= 15 is 0 Å². The summed E-state index contributed by atoms with van der Waals surface area (Å²) >= 11 is 9.24. The SMILES string of the molecule is CCC(=Cc1c(F)cccc1Cl)CBr. The quantitative estimate of drug-likeness (QED) is 0.705. The smallest absolute Gasteiger partial charge is 0.131 e. The molecular formula is C11H11BrClF. The van der Waals surface area contributed by atoms with Crippen molar-refractivity contribution in [1.29, 1.82) is 0 Å². The maximum atomic E-state index is 13.3. The molecule has 1 rings (SSSR count). The highest BCUT2D eigenvalue weighted by Gasteiger charge is 2.04. The van der Waals surface area contributed by atoms with Crippen LogP contribution in [-0.4, -0.2) is 5.33 Å². The lowest BCUT2D eigenvalue weighted by Gasteiger charge is -2.03. The molecule has 14 heavy (non-hydrogen) atoms. The van der Waals surface area contributed by atoms with Gasteiger partial charge in [0.05, 0.1) is 5.02 Å². The van der Waals surface area contributed by atoms with Crippen molar-refractivity contribution >= 4 is 33.6 Å². The summed E-state index contributed by atoms with van der Waals surface area (Å²) in [5, 5.41) is 1.20. The maximum absolute atomic E-state index is 13.3. The Labute approximate surface area is 96.9 Å². The van der Waals surface area contributed by atoms with Crippen LogP contribution in [0.15, 0.2) is 23.8 Å². The Morgan fingerprint density at radius 1 is 1.57 bits per heavy atom. The van der Waals surface area contributed by atoms with Gasteiger partial charge in [-0.3, -0.25) is 0 Å². The normalized spacial score (nSPS) is 11.9. The second-order valence-electron chi connectivity index (χ2n) is 2.93. The molecule has 0 saturated carbocycles. The van der Waals surface area contributed by atoms with Gasteiger partial charge in [0.25, 0.3) is 0 Å². The molecule has 0 aliphatic rings. The minimum atomic E-state index is -0.274. The van der Waals surface area contributed by atoms with Crippen molar-refractivity contribution in [2.75, 3.05) is 5.33 Å². The molecule has 76 valence electrons. The molecule has 0 nitrogen and oxygen atoms in total. The average molecular weight is 278 g/mol. The minimum absolute atomic E-state index is 0.274. The molecule has 1 aromatic carbocycles. The zero-order chi connectivity index (χ0) is 10.6. The fourth-order valence-corrected chi connectivity index (χ4v) is 1.86. The summed E-state index contributed by atoms with van der Waals surface area (Å²) in [6, 6.07) is 4.71. The van der Waals surface area contributed by atoms with Gasteiger partial charge in [-0.1, -0.05) is 52.2 Å². The average Bonchev–Trinajstić information content (AvgIpc) is 2.18. The van der Waals surface area contributed by atoms with Crippen LogP contribution in [0.25, 0.3) is 6.08 Å². The molecular weight excluding hydrogens is 266 g/mol. The van der Waals surface area contributed by atoms with Crippen LogP contribution < -0.4 is 0 Å². The van der Waals surface area contributed by atoms with Crippen molar-refractivity contribution in [3.8, 4) is 0 Å². The Morgan fingerprint density at radius 3 is 2.79 bits per heavy atom. The first-order valence-corrected chi connectivity index (χ1v) is 5.88. The topological polar surface area (TPSA) is 0 Å². The van der Waals surface area contributed by atoms with Crippen LogP contribution in [0, 0.1) is 5.82 Å². The first-order chi connectivity index (χ1) is 6.69. The molecule has 0 aliphatic heterocycles. The first-order valence-electron chi connectivity index (χ1n) is 4.38. The van der Waals surface area contributed by atoms with Gasteiger partial charge < -0.3 is 0 Å². The van der Waals surface area contributed by atoms with Crippen molar-refractivity contribution in [3.63, 3.8) is 0 Å². The van der Waals surface area contributed by atoms with E-state index in [1.54, 1.807) is 18.2 Å². The summed E-state index contributed by atoms with van der Waals surface area (Å²) < 4.78 is 13.3. The van der Waals surface area contributed by atoms with E-state index in [-0.39, 0.29) is 5.82 Å².